The monoisotopic (exact) mass is 1360 g/mol. The third-order valence-electron chi connectivity index (χ3n) is 18.4. The molecule has 19 nitrogen and oxygen atoms in total. The summed E-state index contributed by atoms with van der Waals surface area (Å²) in [5.74, 6) is -0.288. The van der Waals surface area contributed by atoms with E-state index in [4.69, 9.17) is 28.4 Å². The van der Waals surface area contributed by atoms with E-state index in [2.05, 4.69) is 92.1 Å². The second-order valence-electron chi connectivity index (χ2n) is 26.7. The third-order valence-corrected chi connectivity index (χ3v) is 18.4. The molecule has 3 aliphatic heterocycles. The van der Waals surface area contributed by atoms with Crippen LogP contribution in [0.3, 0.4) is 0 Å². The van der Waals surface area contributed by atoms with Gasteiger partial charge in [-0.1, -0.05) is 259 Å². The van der Waals surface area contributed by atoms with Crippen LogP contribution >= 0.6 is 0 Å². The van der Waals surface area contributed by atoms with Gasteiger partial charge in [0.2, 0.25) is 5.91 Å². The molecule has 0 radical (unpaired) electrons. The average molecular weight is 1360 g/mol. The summed E-state index contributed by atoms with van der Waals surface area (Å²) in [5, 5.41) is 121. The van der Waals surface area contributed by atoms with Crippen LogP contribution < -0.4 is 5.32 Å². The molecule has 0 spiro atoms. The lowest BCUT2D eigenvalue weighted by Gasteiger charge is -2.48. The first-order chi connectivity index (χ1) is 46.8. The number of allylic oxidation sites excluding steroid dienone is 13. The van der Waals surface area contributed by atoms with Gasteiger partial charge in [-0.2, -0.15) is 0 Å². The first-order valence-electron chi connectivity index (χ1n) is 37.8. The quantitative estimate of drug-likeness (QED) is 0.0199. The first-order valence-corrected chi connectivity index (χ1v) is 37.8. The van der Waals surface area contributed by atoms with E-state index in [0.29, 0.717) is 12.8 Å². The van der Waals surface area contributed by atoms with Crippen LogP contribution in [0.25, 0.3) is 0 Å². The van der Waals surface area contributed by atoms with Crippen LogP contribution in [0.2, 0.25) is 0 Å². The zero-order valence-corrected chi connectivity index (χ0v) is 59.1. The first kappa shape index (κ1) is 87.2. The van der Waals surface area contributed by atoms with Crippen molar-refractivity contribution in [3.63, 3.8) is 0 Å². The predicted octanol–water partition coefficient (Wildman–Crippen LogP) is 11.4. The topological polar surface area (TPSA) is 307 Å². The average Bonchev–Trinajstić information content (AvgIpc) is 0.798. The highest BCUT2D eigenvalue weighted by molar-refractivity contribution is 5.76. The van der Waals surface area contributed by atoms with Gasteiger partial charge < -0.3 is 89.9 Å². The summed E-state index contributed by atoms with van der Waals surface area (Å²) >= 11 is 0. The molecule has 12 N–H and O–H groups in total. The molecular formula is C77H135NO18. The minimum Gasteiger partial charge on any atom is -0.394 e. The Morgan fingerprint density at radius 3 is 1.17 bits per heavy atom. The molecule has 0 aromatic rings. The summed E-state index contributed by atoms with van der Waals surface area (Å²) < 4.78 is 34.3. The van der Waals surface area contributed by atoms with Crippen molar-refractivity contribution in [3.8, 4) is 0 Å². The number of hydrogen-bond acceptors (Lipinski definition) is 18. The van der Waals surface area contributed by atoms with Crippen LogP contribution in [-0.2, 0) is 33.2 Å². The van der Waals surface area contributed by atoms with Crippen LogP contribution in [0, 0.1) is 0 Å². The maximum Gasteiger partial charge on any atom is 0.220 e. The number of carbonyl (C=O) groups is 1. The number of carbonyl (C=O) groups excluding carboxylic acids is 1. The zero-order valence-electron chi connectivity index (χ0n) is 59.1. The molecule has 3 aliphatic rings. The highest BCUT2D eigenvalue weighted by atomic mass is 16.8. The summed E-state index contributed by atoms with van der Waals surface area (Å²) in [6, 6.07) is -0.998. The van der Waals surface area contributed by atoms with Crippen molar-refractivity contribution >= 4 is 5.91 Å². The molecule has 0 saturated carbocycles. The summed E-state index contributed by atoms with van der Waals surface area (Å²) in [7, 11) is 0. The standard InChI is InChI=1S/C77H135NO18/c1-3-5-7-9-11-13-15-17-19-21-22-23-24-25-26-27-28-29-30-31-32-33-34-35-36-37-38-39-41-43-45-47-49-51-53-55-65(83)78-60(61(82)54-52-50-48-46-44-42-40-20-18-16-14-12-10-8-6-4-2)59-91-75-71(89)68(86)73(63(57-80)93-75)96-77-72(90)69(87)74(64(58-81)94-77)95-76-70(88)67(85)66(84)62(56-79)92-76/h5,7,11,13,17-20,22-23,44,46,52,54,60-64,66-77,79-82,84-90H,3-4,6,8-10,12,14-16,21,24-43,45,47-51,53,55-59H2,1-2H3,(H,78,83)/b7-5-,13-11-,19-17-,20-18+,23-22-,46-44+,54-52+. The number of rotatable bonds is 58. The predicted molar refractivity (Wildman–Crippen MR) is 378 cm³/mol. The number of ether oxygens (including phenoxy) is 6. The van der Waals surface area contributed by atoms with E-state index in [-0.39, 0.29) is 18.9 Å². The number of amides is 1. The van der Waals surface area contributed by atoms with Gasteiger partial charge in [0.15, 0.2) is 18.9 Å². The molecule has 0 aromatic carbocycles. The number of unbranched alkanes of at least 4 members (excludes halogenated alkanes) is 30. The molecule has 556 valence electrons. The number of nitrogens with one attached hydrogen (secondary N) is 1. The smallest absolute Gasteiger partial charge is 0.220 e. The van der Waals surface area contributed by atoms with Gasteiger partial charge in [-0.3, -0.25) is 4.79 Å². The molecular weight excluding hydrogens is 1230 g/mol. The van der Waals surface area contributed by atoms with Gasteiger partial charge in [0.25, 0.3) is 0 Å². The highest BCUT2D eigenvalue weighted by Crippen LogP contribution is 2.33. The van der Waals surface area contributed by atoms with E-state index < -0.39 is 124 Å². The molecule has 96 heavy (non-hydrogen) atoms. The van der Waals surface area contributed by atoms with Crippen LogP contribution in [0.1, 0.15) is 264 Å². The normalized spacial score (nSPS) is 27.5. The van der Waals surface area contributed by atoms with Crippen LogP contribution in [0.5, 0.6) is 0 Å². The van der Waals surface area contributed by atoms with Crippen molar-refractivity contribution in [2.24, 2.45) is 0 Å². The van der Waals surface area contributed by atoms with Crippen molar-refractivity contribution in [1.29, 1.82) is 0 Å². The van der Waals surface area contributed by atoms with E-state index in [0.717, 1.165) is 70.6 Å². The number of aliphatic hydroxyl groups is 11. The Labute approximate surface area is 578 Å². The summed E-state index contributed by atoms with van der Waals surface area (Å²) in [6.45, 7) is 1.59. The fourth-order valence-corrected chi connectivity index (χ4v) is 12.3. The Balaban J connectivity index is 1.35. The maximum absolute atomic E-state index is 13.4. The molecule has 0 bridgehead atoms. The van der Waals surface area contributed by atoms with Crippen molar-refractivity contribution in [3.05, 3.63) is 85.1 Å². The summed E-state index contributed by atoms with van der Waals surface area (Å²) in [5.41, 5.74) is 0. The Morgan fingerprint density at radius 2 is 0.729 bits per heavy atom. The molecule has 0 aromatic heterocycles. The molecule has 3 rings (SSSR count). The second-order valence-corrected chi connectivity index (χ2v) is 26.7. The van der Waals surface area contributed by atoms with Gasteiger partial charge in [-0.15, -0.1) is 0 Å². The fourth-order valence-electron chi connectivity index (χ4n) is 12.3. The molecule has 3 heterocycles. The maximum atomic E-state index is 13.4. The van der Waals surface area contributed by atoms with E-state index >= 15 is 0 Å². The van der Waals surface area contributed by atoms with Gasteiger partial charge in [0.05, 0.1) is 38.6 Å². The van der Waals surface area contributed by atoms with Gasteiger partial charge in [-0.05, 0) is 83.5 Å². The lowest BCUT2D eigenvalue weighted by Crippen LogP contribution is -2.66. The van der Waals surface area contributed by atoms with Gasteiger partial charge >= 0.3 is 0 Å². The van der Waals surface area contributed by atoms with Gasteiger partial charge in [0.1, 0.15) is 73.2 Å². The van der Waals surface area contributed by atoms with Crippen LogP contribution in [-0.4, -0.2) is 193 Å². The molecule has 17 atom stereocenters. The molecule has 0 aliphatic carbocycles. The Kier molecular flexibility index (Phi) is 52.3. The molecule has 1 amide bonds. The molecule has 3 fully saturated rings. The van der Waals surface area contributed by atoms with Crippen molar-refractivity contribution < 1.29 is 89.4 Å². The summed E-state index contributed by atoms with van der Waals surface area (Å²) in [6.07, 6.45) is 48.7. The number of aliphatic hydroxyl groups excluding tert-OH is 11. The lowest BCUT2D eigenvalue weighted by molar-refractivity contribution is -0.379. The minimum atomic E-state index is -1.98. The third kappa shape index (κ3) is 38.1. The summed E-state index contributed by atoms with van der Waals surface area (Å²) in [4.78, 5) is 13.4. The van der Waals surface area contributed by atoms with Gasteiger partial charge in [0, 0.05) is 6.42 Å². The highest BCUT2D eigenvalue weighted by Gasteiger charge is 2.53. The van der Waals surface area contributed by atoms with Gasteiger partial charge in [-0.25, -0.2) is 0 Å². The Morgan fingerprint density at radius 1 is 0.385 bits per heavy atom. The van der Waals surface area contributed by atoms with Crippen molar-refractivity contribution in [2.45, 2.75) is 369 Å². The fraction of sp³-hybridized carbons (Fsp3) is 0.805. The molecule has 17 unspecified atom stereocenters. The Bertz CT molecular complexity index is 2070. The molecule has 3 saturated heterocycles. The minimum absolute atomic E-state index is 0.232. The van der Waals surface area contributed by atoms with Crippen molar-refractivity contribution in [2.75, 3.05) is 26.4 Å². The van der Waals surface area contributed by atoms with Crippen LogP contribution in [0.15, 0.2) is 85.1 Å². The van der Waals surface area contributed by atoms with E-state index in [9.17, 15) is 61.0 Å². The largest absolute Gasteiger partial charge is 0.394 e. The van der Waals surface area contributed by atoms with Crippen molar-refractivity contribution in [1.82, 2.24) is 5.32 Å². The SMILES string of the molecule is CC/C=C\C/C=C\C/C=C\C/C=C\CCCCCCCCCCCCCCCCCCCCCCCCC(=O)NC(COC1OC(CO)C(OC2OC(CO)C(OC3OC(CO)C(O)C(O)C3O)C(O)C2O)C(O)C1O)C(O)/C=C/CC/C=C/CC/C=C/CCCCCCCC. The lowest BCUT2D eigenvalue weighted by atomic mass is 9.96. The van der Waals surface area contributed by atoms with Crippen LogP contribution in [0.4, 0.5) is 0 Å². The second kappa shape index (κ2) is 57.6. The van der Waals surface area contributed by atoms with E-state index in [1.165, 1.54) is 161 Å². The molecule has 19 heteroatoms. The Hall–Kier alpha value is -3.03. The van der Waals surface area contributed by atoms with E-state index in [1.54, 1.807) is 6.08 Å². The van der Waals surface area contributed by atoms with E-state index in [1.807, 2.05) is 6.08 Å². The zero-order chi connectivity index (χ0) is 69.6. The number of hydrogen-bond donors (Lipinski definition) is 12.